The lowest BCUT2D eigenvalue weighted by atomic mass is 9.85. The molecule has 0 saturated carbocycles. The Hall–Kier alpha value is -2.01. The molecule has 0 bridgehead atoms. The summed E-state index contributed by atoms with van der Waals surface area (Å²) >= 11 is 0. The fourth-order valence-electron chi connectivity index (χ4n) is 3.72. The molecule has 9 nitrogen and oxygen atoms in total. The molecule has 0 aliphatic heterocycles. The van der Waals surface area contributed by atoms with Gasteiger partial charge in [0, 0.05) is 13.1 Å². The molecule has 1 aromatic carbocycles. The number of rotatable bonds is 14. The van der Waals surface area contributed by atoms with Crippen molar-refractivity contribution >= 4 is 21.8 Å². The van der Waals surface area contributed by atoms with Crippen molar-refractivity contribution in [1.82, 2.24) is 19.8 Å². The second-order valence-electron chi connectivity index (χ2n) is 11.3. The van der Waals surface area contributed by atoms with Crippen LogP contribution in [0.1, 0.15) is 46.6 Å². The van der Waals surface area contributed by atoms with Crippen LogP contribution in [0.2, 0.25) is 0 Å². The van der Waals surface area contributed by atoms with Gasteiger partial charge < -0.3 is 20.6 Å². The normalized spacial score (nSPS) is 15.1. The van der Waals surface area contributed by atoms with Crippen molar-refractivity contribution in [3.8, 4) is 0 Å². The molecule has 0 fully saturated rings. The zero-order valence-corrected chi connectivity index (χ0v) is 23.9. The third-order valence-corrected chi connectivity index (χ3v) is 7.07. The van der Waals surface area contributed by atoms with Crippen LogP contribution < -0.4 is 10.6 Å². The molecule has 206 valence electrons. The van der Waals surface area contributed by atoms with Gasteiger partial charge in [-0.25, -0.2) is 8.42 Å². The van der Waals surface area contributed by atoms with Crippen LogP contribution >= 0.6 is 0 Å². The minimum atomic E-state index is -3.56. The predicted octanol–water partition coefficient (Wildman–Crippen LogP) is 1.48. The molecule has 0 aliphatic rings. The Labute approximate surface area is 217 Å². The first kappa shape index (κ1) is 32.0. The molecule has 1 aromatic rings. The maximum absolute atomic E-state index is 13.4. The maximum Gasteiger partial charge on any atom is 0.243 e. The summed E-state index contributed by atoms with van der Waals surface area (Å²) in [4.78, 5) is 27.6. The van der Waals surface area contributed by atoms with Gasteiger partial charge in [-0.15, -0.1) is 0 Å². The summed E-state index contributed by atoms with van der Waals surface area (Å²) in [6.07, 6.45) is 0.923. The molecule has 0 radical (unpaired) electrons. The van der Waals surface area contributed by atoms with Crippen LogP contribution in [0, 0.1) is 11.3 Å². The Morgan fingerprint density at radius 2 is 1.64 bits per heavy atom. The van der Waals surface area contributed by atoms with E-state index in [1.807, 2.05) is 65.0 Å². The lowest BCUT2D eigenvalue weighted by Gasteiger charge is -2.34. The molecular weight excluding hydrogens is 480 g/mol. The summed E-state index contributed by atoms with van der Waals surface area (Å²) in [7, 11) is -0.0212. The van der Waals surface area contributed by atoms with E-state index in [0.717, 1.165) is 11.8 Å². The summed E-state index contributed by atoms with van der Waals surface area (Å²) in [5.41, 5.74) is 0.295. The number of carbonyl (C=O) groups is 2. The Morgan fingerprint density at radius 1 is 1.06 bits per heavy atom. The van der Waals surface area contributed by atoms with E-state index < -0.39 is 39.5 Å². The molecule has 2 amide bonds. The fraction of sp³-hybridized carbons (Fsp3) is 0.692. The molecule has 1 rings (SSSR count). The summed E-state index contributed by atoms with van der Waals surface area (Å²) in [6.45, 7) is 9.85. The van der Waals surface area contributed by atoms with Gasteiger partial charge in [0.1, 0.15) is 6.04 Å². The van der Waals surface area contributed by atoms with E-state index >= 15 is 0 Å². The first-order valence-corrected chi connectivity index (χ1v) is 14.3. The molecule has 0 heterocycles. The number of likely N-dealkylation sites (N-methyl/N-ethyl adjacent to an activating group) is 1. The molecule has 3 atom stereocenters. The molecule has 36 heavy (non-hydrogen) atoms. The third kappa shape index (κ3) is 11.8. The van der Waals surface area contributed by atoms with E-state index in [1.165, 1.54) is 4.31 Å². The van der Waals surface area contributed by atoms with E-state index in [0.29, 0.717) is 18.8 Å². The van der Waals surface area contributed by atoms with Crippen LogP contribution in [0.4, 0.5) is 0 Å². The Bertz CT molecular complexity index is 929. The lowest BCUT2D eigenvalue weighted by Crippen LogP contribution is -2.59. The van der Waals surface area contributed by atoms with Crippen molar-refractivity contribution in [2.75, 3.05) is 40.0 Å². The van der Waals surface area contributed by atoms with Gasteiger partial charge in [-0.2, -0.15) is 4.31 Å². The van der Waals surface area contributed by atoms with Crippen molar-refractivity contribution in [2.45, 2.75) is 65.6 Å². The van der Waals surface area contributed by atoms with Gasteiger partial charge in [-0.05, 0) is 43.8 Å². The zero-order valence-electron chi connectivity index (χ0n) is 23.1. The highest BCUT2D eigenvalue weighted by molar-refractivity contribution is 7.88. The summed E-state index contributed by atoms with van der Waals surface area (Å²) in [5, 5.41) is 16.9. The van der Waals surface area contributed by atoms with Crippen molar-refractivity contribution in [2.24, 2.45) is 11.3 Å². The van der Waals surface area contributed by atoms with Crippen LogP contribution in [0.25, 0.3) is 0 Å². The molecule has 0 aliphatic carbocycles. The van der Waals surface area contributed by atoms with E-state index in [9.17, 15) is 23.1 Å². The minimum Gasteiger partial charge on any atom is -0.390 e. The number of benzene rings is 1. The third-order valence-electron chi connectivity index (χ3n) is 5.80. The Balaban J connectivity index is 3.19. The van der Waals surface area contributed by atoms with E-state index in [-0.39, 0.29) is 25.5 Å². The van der Waals surface area contributed by atoms with Gasteiger partial charge in [0.15, 0.2) is 0 Å². The number of nitrogens with zero attached hydrogens (tertiary/aromatic N) is 2. The Morgan fingerprint density at radius 3 is 2.11 bits per heavy atom. The number of hydrogen-bond acceptors (Lipinski definition) is 6. The van der Waals surface area contributed by atoms with Gasteiger partial charge in [0.25, 0.3) is 0 Å². The predicted molar refractivity (Wildman–Crippen MR) is 144 cm³/mol. The number of aliphatic hydroxyl groups is 1. The molecule has 0 saturated heterocycles. The van der Waals surface area contributed by atoms with Gasteiger partial charge in [0.05, 0.1) is 24.9 Å². The summed E-state index contributed by atoms with van der Waals surface area (Å²) in [6, 6.07) is 7.77. The zero-order chi connectivity index (χ0) is 27.7. The standard InChI is InChI=1S/C26H46N4O5S/c1-19(2)14-15-30(36(8,34)35)17-22(31)21(16-20-12-10-9-11-13-20)27-25(33)24(26(3,4)5)28-23(32)18-29(6)7/h9-13,19,21-22,24,31H,14-18H2,1-8H3,(H,27,33)(H,28,32). The van der Waals surface area contributed by atoms with Crippen LogP contribution in [0.3, 0.4) is 0 Å². The summed E-state index contributed by atoms with van der Waals surface area (Å²) < 4.78 is 26.1. The first-order valence-electron chi connectivity index (χ1n) is 12.4. The van der Waals surface area contributed by atoms with Crippen LogP contribution in [-0.2, 0) is 26.0 Å². The van der Waals surface area contributed by atoms with Crippen molar-refractivity contribution < 1.29 is 23.1 Å². The van der Waals surface area contributed by atoms with Crippen molar-refractivity contribution in [1.29, 1.82) is 0 Å². The van der Waals surface area contributed by atoms with Crippen LogP contribution in [0.15, 0.2) is 30.3 Å². The quantitative estimate of drug-likeness (QED) is 0.338. The molecule has 3 unspecified atom stereocenters. The fourth-order valence-corrected chi connectivity index (χ4v) is 4.58. The molecule has 0 spiro atoms. The lowest BCUT2D eigenvalue weighted by molar-refractivity contribution is -0.132. The molecule has 0 aromatic heterocycles. The van der Waals surface area contributed by atoms with Gasteiger partial charge >= 0.3 is 0 Å². The van der Waals surface area contributed by atoms with E-state index in [1.54, 1.807) is 19.0 Å². The highest BCUT2D eigenvalue weighted by Crippen LogP contribution is 2.20. The van der Waals surface area contributed by atoms with Crippen LogP contribution in [0.5, 0.6) is 0 Å². The molecular formula is C26H46N4O5S. The number of hydrogen-bond donors (Lipinski definition) is 3. The highest BCUT2D eigenvalue weighted by atomic mass is 32.2. The van der Waals surface area contributed by atoms with Gasteiger partial charge in [-0.1, -0.05) is 65.0 Å². The number of aliphatic hydroxyl groups excluding tert-OH is 1. The van der Waals surface area contributed by atoms with Gasteiger partial charge in [-0.3, -0.25) is 9.59 Å². The molecule has 10 heteroatoms. The topological polar surface area (TPSA) is 119 Å². The average molecular weight is 527 g/mol. The largest absolute Gasteiger partial charge is 0.390 e. The van der Waals surface area contributed by atoms with Gasteiger partial charge in [0.2, 0.25) is 21.8 Å². The number of sulfonamides is 1. The van der Waals surface area contributed by atoms with Crippen LogP contribution in [-0.4, -0.2) is 92.7 Å². The summed E-state index contributed by atoms with van der Waals surface area (Å²) in [5.74, 6) is -0.417. The second-order valence-corrected chi connectivity index (χ2v) is 13.3. The highest BCUT2D eigenvalue weighted by Gasteiger charge is 2.35. The monoisotopic (exact) mass is 526 g/mol. The smallest absolute Gasteiger partial charge is 0.243 e. The van der Waals surface area contributed by atoms with E-state index in [4.69, 9.17) is 0 Å². The Kier molecular flexibility index (Phi) is 12.5. The maximum atomic E-state index is 13.4. The number of amides is 2. The van der Waals surface area contributed by atoms with Crippen molar-refractivity contribution in [3.63, 3.8) is 0 Å². The second kappa shape index (κ2) is 14.1. The SMILES string of the molecule is CC(C)CCN(CC(O)C(Cc1ccccc1)NC(=O)C(NC(=O)CN(C)C)C(C)(C)C)S(C)(=O)=O. The van der Waals surface area contributed by atoms with Crippen molar-refractivity contribution in [3.05, 3.63) is 35.9 Å². The van der Waals surface area contributed by atoms with E-state index in [2.05, 4.69) is 10.6 Å². The number of nitrogens with one attached hydrogen (secondary N) is 2. The molecule has 3 N–H and O–H groups in total. The minimum absolute atomic E-state index is 0.134. The first-order chi connectivity index (χ1) is 16.5. The average Bonchev–Trinajstić information content (AvgIpc) is 2.72. The number of carbonyl (C=O) groups excluding carboxylic acids is 2.